The number of benzene rings is 2. The van der Waals surface area contributed by atoms with E-state index in [0.29, 0.717) is 5.75 Å². The van der Waals surface area contributed by atoms with Gasteiger partial charge in [-0.1, -0.05) is 12.1 Å². The molecule has 3 nitrogen and oxygen atoms in total. The van der Waals surface area contributed by atoms with Gasteiger partial charge in [0, 0.05) is 20.4 Å². The van der Waals surface area contributed by atoms with Gasteiger partial charge in [-0.3, -0.25) is 0 Å². The summed E-state index contributed by atoms with van der Waals surface area (Å²) in [6, 6.07) is 14.4. The Kier molecular flexibility index (Phi) is 6.54. The van der Waals surface area contributed by atoms with E-state index in [9.17, 15) is 18.0 Å². The Morgan fingerprint density at radius 1 is 1.10 bits per heavy atom. The molecule has 0 amide bonds. The zero-order valence-electron chi connectivity index (χ0n) is 15.3. The molecule has 0 bridgehead atoms. The van der Waals surface area contributed by atoms with Gasteiger partial charge in [0.15, 0.2) is 6.61 Å². The molecule has 0 radical (unpaired) electrons. The van der Waals surface area contributed by atoms with Gasteiger partial charge in [0.2, 0.25) is 0 Å². The molecule has 0 saturated carbocycles. The minimum Gasteiger partial charge on any atom is -0.482 e. The first-order chi connectivity index (χ1) is 13.7. The molecule has 29 heavy (non-hydrogen) atoms. The molecular formula is C21H17F3O3S2. The summed E-state index contributed by atoms with van der Waals surface area (Å²) >= 11 is 3.19. The fourth-order valence-electron chi connectivity index (χ4n) is 2.55. The molecule has 3 aromatic rings. The maximum absolute atomic E-state index is 12.7. The van der Waals surface area contributed by atoms with Crippen LogP contribution in [0.4, 0.5) is 13.2 Å². The van der Waals surface area contributed by atoms with E-state index in [2.05, 4.69) is 0 Å². The first-order valence-electron chi connectivity index (χ1n) is 8.57. The summed E-state index contributed by atoms with van der Waals surface area (Å²) in [6.45, 7) is 1.61. The molecule has 0 aliphatic carbocycles. The molecule has 0 aliphatic rings. The van der Waals surface area contributed by atoms with Gasteiger partial charge in [-0.25, -0.2) is 4.79 Å². The van der Waals surface area contributed by atoms with Crippen LogP contribution in [0.15, 0.2) is 59.5 Å². The van der Waals surface area contributed by atoms with E-state index in [0.717, 1.165) is 43.7 Å². The number of rotatable bonds is 7. The third-order valence-corrected chi connectivity index (χ3v) is 6.58. The number of aliphatic carboxylic acids is 1. The molecule has 0 aliphatic heterocycles. The van der Waals surface area contributed by atoms with Gasteiger partial charge in [-0.2, -0.15) is 13.2 Å². The van der Waals surface area contributed by atoms with Crippen LogP contribution in [-0.4, -0.2) is 17.7 Å². The predicted octanol–water partition coefficient (Wildman–Crippen LogP) is 6.50. The van der Waals surface area contributed by atoms with Crippen LogP contribution in [0.3, 0.4) is 0 Å². The largest absolute Gasteiger partial charge is 0.482 e. The zero-order chi connectivity index (χ0) is 21.0. The molecular weight excluding hydrogens is 421 g/mol. The summed E-state index contributed by atoms with van der Waals surface area (Å²) in [4.78, 5) is 13.6. The van der Waals surface area contributed by atoms with E-state index in [1.54, 1.807) is 35.2 Å². The van der Waals surface area contributed by atoms with Crippen LogP contribution in [0, 0.1) is 6.92 Å². The lowest BCUT2D eigenvalue weighted by molar-refractivity contribution is -0.139. The molecule has 0 saturated heterocycles. The van der Waals surface area contributed by atoms with Gasteiger partial charge in [-0.15, -0.1) is 23.1 Å². The number of alkyl halides is 3. The minimum atomic E-state index is -4.33. The van der Waals surface area contributed by atoms with Crippen molar-refractivity contribution in [1.82, 2.24) is 0 Å². The van der Waals surface area contributed by atoms with Crippen LogP contribution in [-0.2, 0) is 16.7 Å². The standard InChI is InChI=1S/C21H17F3O3S2/c1-13-10-18(14-2-4-15(5-3-14)21(22,23)24)29-19(13)12-28-17-8-6-16(7-9-17)27-11-20(25)26/h2-10H,11-12H2,1H3,(H,25,26). The summed E-state index contributed by atoms with van der Waals surface area (Å²) < 4.78 is 43.3. The second-order valence-electron chi connectivity index (χ2n) is 6.23. The summed E-state index contributed by atoms with van der Waals surface area (Å²) in [6.07, 6.45) is -4.33. The van der Waals surface area contributed by atoms with E-state index < -0.39 is 17.7 Å². The second kappa shape index (κ2) is 8.92. The Morgan fingerprint density at radius 2 is 1.76 bits per heavy atom. The Balaban J connectivity index is 1.64. The number of hydrogen-bond donors (Lipinski definition) is 1. The van der Waals surface area contributed by atoms with Gasteiger partial charge in [0.1, 0.15) is 5.75 Å². The summed E-state index contributed by atoms with van der Waals surface area (Å²) in [5.41, 5.74) is 1.21. The van der Waals surface area contributed by atoms with Gasteiger partial charge in [-0.05, 0) is 60.5 Å². The van der Waals surface area contributed by atoms with Gasteiger partial charge < -0.3 is 9.84 Å². The Hall–Kier alpha value is -2.45. The summed E-state index contributed by atoms with van der Waals surface area (Å²) in [7, 11) is 0. The van der Waals surface area contributed by atoms with E-state index in [4.69, 9.17) is 9.84 Å². The Labute approximate surface area is 174 Å². The number of carbonyl (C=O) groups is 1. The highest BCUT2D eigenvalue weighted by molar-refractivity contribution is 7.98. The maximum atomic E-state index is 12.7. The third kappa shape index (κ3) is 5.77. The van der Waals surface area contributed by atoms with Crippen LogP contribution in [0.5, 0.6) is 5.75 Å². The molecule has 0 fully saturated rings. The van der Waals surface area contributed by atoms with E-state index in [-0.39, 0.29) is 6.61 Å². The summed E-state index contributed by atoms with van der Waals surface area (Å²) in [5, 5.41) is 8.62. The van der Waals surface area contributed by atoms with Crippen molar-refractivity contribution >= 4 is 29.1 Å². The number of thiophene rings is 1. The lowest BCUT2D eigenvalue weighted by Crippen LogP contribution is -2.09. The van der Waals surface area contributed by atoms with Crippen molar-refractivity contribution in [3.63, 3.8) is 0 Å². The lowest BCUT2D eigenvalue weighted by atomic mass is 10.1. The molecule has 1 N–H and O–H groups in total. The van der Waals surface area contributed by atoms with Crippen LogP contribution < -0.4 is 4.74 Å². The van der Waals surface area contributed by atoms with Gasteiger partial charge in [0.05, 0.1) is 5.56 Å². The quantitative estimate of drug-likeness (QED) is 0.428. The molecule has 0 atom stereocenters. The number of thioether (sulfide) groups is 1. The van der Waals surface area contributed by atoms with Crippen molar-refractivity contribution in [3.05, 3.63) is 70.6 Å². The summed E-state index contributed by atoms with van der Waals surface area (Å²) in [5.74, 6) is 0.195. The van der Waals surface area contributed by atoms with Crippen LogP contribution in [0.1, 0.15) is 16.0 Å². The molecule has 1 heterocycles. The van der Waals surface area contributed by atoms with E-state index in [1.165, 1.54) is 12.1 Å². The third-order valence-electron chi connectivity index (χ3n) is 4.07. The van der Waals surface area contributed by atoms with E-state index >= 15 is 0 Å². The number of carboxylic acids is 1. The zero-order valence-corrected chi connectivity index (χ0v) is 17.0. The number of hydrogen-bond acceptors (Lipinski definition) is 4. The van der Waals surface area contributed by atoms with Crippen LogP contribution in [0.25, 0.3) is 10.4 Å². The molecule has 3 rings (SSSR count). The monoisotopic (exact) mass is 438 g/mol. The molecule has 152 valence electrons. The highest BCUT2D eigenvalue weighted by Crippen LogP contribution is 2.37. The normalized spacial score (nSPS) is 11.4. The molecule has 1 aromatic heterocycles. The average Bonchev–Trinajstić information content (AvgIpc) is 3.05. The first kappa shape index (κ1) is 21.3. The van der Waals surface area contributed by atoms with Crippen molar-refractivity contribution in [1.29, 1.82) is 0 Å². The second-order valence-corrected chi connectivity index (χ2v) is 8.42. The van der Waals surface area contributed by atoms with Crippen LogP contribution >= 0.6 is 23.1 Å². The van der Waals surface area contributed by atoms with E-state index in [1.807, 2.05) is 25.1 Å². The fourth-order valence-corrected chi connectivity index (χ4v) is 4.80. The highest BCUT2D eigenvalue weighted by Gasteiger charge is 2.30. The SMILES string of the molecule is Cc1cc(-c2ccc(C(F)(F)F)cc2)sc1CSc1ccc(OCC(=O)O)cc1. The van der Waals surface area contributed by atoms with Crippen molar-refractivity contribution in [2.24, 2.45) is 0 Å². The lowest BCUT2D eigenvalue weighted by Gasteiger charge is -2.06. The Bertz CT molecular complexity index is 978. The van der Waals surface area contributed by atoms with Crippen molar-refractivity contribution in [2.45, 2.75) is 23.7 Å². The van der Waals surface area contributed by atoms with Crippen molar-refractivity contribution in [2.75, 3.05) is 6.61 Å². The number of aryl methyl sites for hydroxylation is 1. The number of ether oxygens (including phenoxy) is 1. The minimum absolute atomic E-state index is 0.381. The topological polar surface area (TPSA) is 46.5 Å². The Morgan fingerprint density at radius 3 is 2.34 bits per heavy atom. The molecule has 0 spiro atoms. The van der Waals surface area contributed by atoms with Gasteiger partial charge in [0.25, 0.3) is 0 Å². The maximum Gasteiger partial charge on any atom is 0.416 e. The van der Waals surface area contributed by atoms with Crippen LogP contribution in [0.2, 0.25) is 0 Å². The average molecular weight is 438 g/mol. The first-order valence-corrected chi connectivity index (χ1v) is 10.4. The molecule has 0 unspecified atom stereocenters. The smallest absolute Gasteiger partial charge is 0.416 e. The predicted molar refractivity (Wildman–Crippen MR) is 109 cm³/mol. The van der Waals surface area contributed by atoms with Gasteiger partial charge >= 0.3 is 12.1 Å². The number of carboxylic acid groups (broad SMARTS) is 1. The highest BCUT2D eigenvalue weighted by atomic mass is 32.2. The van der Waals surface area contributed by atoms with Crippen molar-refractivity contribution in [3.8, 4) is 16.2 Å². The molecule has 2 aromatic carbocycles. The van der Waals surface area contributed by atoms with Crippen molar-refractivity contribution < 1.29 is 27.8 Å². The molecule has 8 heteroatoms. The number of halogens is 3. The fraction of sp³-hybridized carbons (Fsp3) is 0.190.